The number of nitrogens with one attached hydrogen (secondary N) is 1. The number of methoxy groups -OCH3 is 1. The first kappa shape index (κ1) is 22.0. The van der Waals surface area contributed by atoms with Crippen LogP contribution in [0.15, 0.2) is 41.5 Å². The minimum absolute atomic E-state index is 0.0726. The number of hydrogen-bond donors (Lipinski definition) is 1. The first-order valence-corrected chi connectivity index (χ1v) is 10.2. The van der Waals surface area contributed by atoms with Crippen LogP contribution >= 0.6 is 11.6 Å². The Morgan fingerprint density at radius 2 is 1.97 bits per heavy atom. The van der Waals surface area contributed by atoms with Crippen molar-refractivity contribution in [1.29, 1.82) is 0 Å². The topological polar surface area (TPSA) is 63.2 Å². The highest BCUT2D eigenvalue weighted by atomic mass is 35.5. The Labute approximate surface area is 182 Å². The molecule has 2 aromatic rings. The van der Waals surface area contributed by atoms with Crippen LogP contribution in [0.4, 0.5) is 5.69 Å². The van der Waals surface area contributed by atoms with Crippen LogP contribution < -0.4 is 19.8 Å². The minimum atomic E-state index is -0.356. The Hall–Kier alpha value is -2.73. The summed E-state index contributed by atoms with van der Waals surface area (Å²) in [4.78, 5) is 14.3. The Balaban J connectivity index is 1.62. The van der Waals surface area contributed by atoms with Crippen molar-refractivity contribution in [2.75, 3.05) is 25.7 Å². The number of carbonyl (C=O) groups is 1. The summed E-state index contributed by atoms with van der Waals surface area (Å²) < 4.78 is 10.5. The van der Waals surface area contributed by atoms with Gasteiger partial charge in [0.15, 0.2) is 6.61 Å². The van der Waals surface area contributed by atoms with Gasteiger partial charge in [0, 0.05) is 23.8 Å². The molecule has 0 aliphatic carbocycles. The number of fused-ring (bicyclic) bond motifs is 1. The van der Waals surface area contributed by atoms with Gasteiger partial charge in [0.1, 0.15) is 11.5 Å². The normalized spacial score (nSPS) is 17.5. The predicted molar refractivity (Wildman–Crippen MR) is 121 cm³/mol. The van der Waals surface area contributed by atoms with Gasteiger partial charge in [-0.25, -0.2) is 5.43 Å². The average Bonchev–Trinajstić information content (AvgIpc) is 2.71. The quantitative estimate of drug-likeness (QED) is 0.538. The molecule has 3 rings (SSSR count). The van der Waals surface area contributed by atoms with Crippen LogP contribution in [0.25, 0.3) is 0 Å². The van der Waals surface area contributed by atoms with E-state index in [4.69, 9.17) is 21.1 Å². The molecule has 1 atom stereocenters. The Bertz CT molecular complexity index is 941. The molecule has 160 valence electrons. The van der Waals surface area contributed by atoms with Crippen LogP contribution in [0.1, 0.15) is 44.2 Å². The summed E-state index contributed by atoms with van der Waals surface area (Å²) in [6, 6.07) is 11.0. The van der Waals surface area contributed by atoms with Crippen molar-refractivity contribution in [3.05, 3.63) is 52.5 Å². The van der Waals surface area contributed by atoms with Gasteiger partial charge in [0.25, 0.3) is 5.91 Å². The number of hydrogen-bond acceptors (Lipinski definition) is 5. The highest BCUT2D eigenvalue weighted by molar-refractivity contribution is 6.33. The highest BCUT2D eigenvalue weighted by Crippen LogP contribution is 2.44. The molecule has 6 nitrogen and oxygen atoms in total. The lowest BCUT2D eigenvalue weighted by molar-refractivity contribution is -0.123. The van der Waals surface area contributed by atoms with E-state index in [1.54, 1.807) is 37.6 Å². The van der Waals surface area contributed by atoms with E-state index >= 15 is 0 Å². The molecule has 0 aromatic heterocycles. The number of rotatable bonds is 6. The van der Waals surface area contributed by atoms with Gasteiger partial charge >= 0.3 is 0 Å². The summed E-state index contributed by atoms with van der Waals surface area (Å²) in [6.07, 6.45) is 2.62. The lowest BCUT2D eigenvalue weighted by Crippen LogP contribution is -2.45. The molecule has 2 aromatic carbocycles. The number of benzene rings is 2. The van der Waals surface area contributed by atoms with Crippen LogP contribution in [0.3, 0.4) is 0 Å². The van der Waals surface area contributed by atoms with Gasteiger partial charge in [-0.1, -0.05) is 18.5 Å². The van der Waals surface area contributed by atoms with Crippen LogP contribution in [-0.2, 0) is 4.79 Å². The number of halogens is 1. The van der Waals surface area contributed by atoms with Crippen molar-refractivity contribution < 1.29 is 14.3 Å². The van der Waals surface area contributed by atoms with Crippen LogP contribution in [0.5, 0.6) is 11.5 Å². The lowest BCUT2D eigenvalue weighted by Gasteiger charge is -2.45. The van der Waals surface area contributed by atoms with Crippen molar-refractivity contribution >= 4 is 29.4 Å². The van der Waals surface area contributed by atoms with E-state index < -0.39 is 0 Å². The molecule has 1 heterocycles. The van der Waals surface area contributed by atoms with Gasteiger partial charge in [-0.15, -0.1) is 0 Å². The third-order valence-corrected chi connectivity index (χ3v) is 5.90. The molecule has 0 saturated heterocycles. The maximum Gasteiger partial charge on any atom is 0.277 e. The van der Waals surface area contributed by atoms with Crippen molar-refractivity contribution in [3.63, 3.8) is 0 Å². The summed E-state index contributed by atoms with van der Waals surface area (Å²) in [6.45, 7) is 6.55. The van der Waals surface area contributed by atoms with Gasteiger partial charge in [0.2, 0.25) is 0 Å². The molecule has 1 aliphatic heterocycles. The van der Waals surface area contributed by atoms with Gasteiger partial charge < -0.3 is 14.4 Å². The monoisotopic (exact) mass is 429 g/mol. The number of nitrogens with zero attached hydrogens (tertiary/aromatic N) is 2. The number of carbonyl (C=O) groups excluding carboxylic acids is 1. The average molecular weight is 430 g/mol. The molecule has 30 heavy (non-hydrogen) atoms. The second kappa shape index (κ2) is 8.96. The van der Waals surface area contributed by atoms with E-state index in [0.29, 0.717) is 16.7 Å². The van der Waals surface area contributed by atoms with Crippen LogP contribution in [0, 0.1) is 0 Å². The Kier molecular flexibility index (Phi) is 6.56. The molecule has 0 saturated carbocycles. The van der Waals surface area contributed by atoms with Crippen molar-refractivity contribution in [2.24, 2.45) is 5.10 Å². The molecule has 1 N–H and O–H groups in total. The fraction of sp³-hybridized carbons (Fsp3) is 0.391. The van der Waals surface area contributed by atoms with Gasteiger partial charge in [-0.3, -0.25) is 4.79 Å². The van der Waals surface area contributed by atoms with Crippen LogP contribution in [0.2, 0.25) is 5.02 Å². The summed E-state index contributed by atoms with van der Waals surface area (Å²) in [5, 5.41) is 4.64. The molecule has 0 spiro atoms. The summed E-state index contributed by atoms with van der Waals surface area (Å²) in [5.41, 5.74) is 5.69. The SMILES string of the molecule is COc1ccc(OCC(=O)N/N=C/c2cc3c(cc2Cl)N(C)C(C)(C)CC3C)cc1. The summed E-state index contributed by atoms with van der Waals surface area (Å²) in [7, 11) is 3.69. The smallest absolute Gasteiger partial charge is 0.277 e. The van der Waals surface area contributed by atoms with Gasteiger partial charge in [0.05, 0.1) is 18.3 Å². The fourth-order valence-electron chi connectivity index (χ4n) is 3.73. The van der Waals surface area contributed by atoms with Crippen LogP contribution in [-0.4, -0.2) is 38.4 Å². The highest BCUT2D eigenvalue weighted by Gasteiger charge is 2.34. The molecule has 1 unspecified atom stereocenters. The zero-order valence-electron chi connectivity index (χ0n) is 18.0. The second-order valence-corrected chi connectivity index (χ2v) is 8.57. The van der Waals surface area contributed by atoms with E-state index in [9.17, 15) is 4.79 Å². The maximum absolute atomic E-state index is 12.0. The van der Waals surface area contributed by atoms with E-state index in [1.807, 2.05) is 6.07 Å². The largest absolute Gasteiger partial charge is 0.497 e. The fourth-order valence-corrected chi connectivity index (χ4v) is 3.94. The summed E-state index contributed by atoms with van der Waals surface area (Å²) in [5.74, 6) is 1.35. The minimum Gasteiger partial charge on any atom is -0.497 e. The number of hydrazone groups is 1. The molecule has 1 aliphatic rings. The molecule has 0 fully saturated rings. The molecular formula is C23H28ClN3O3. The third-order valence-electron chi connectivity index (χ3n) is 5.57. The maximum atomic E-state index is 12.0. The number of amides is 1. The predicted octanol–water partition coefficient (Wildman–Crippen LogP) is 4.60. The molecule has 0 bridgehead atoms. The summed E-state index contributed by atoms with van der Waals surface area (Å²) >= 11 is 6.48. The van der Waals surface area contributed by atoms with Crippen molar-refractivity contribution in [3.8, 4) is 11.5 Å². The van der Waals surface area contributed by atoms with Crippen molar-refractivity contribution in [2.45, 2.75) is 38.6 Å². The third kappa shape index (κ3) is 4.87. The Morgan fingerprint density at radius 3 is 2.63 bits per heavy atom. The molecule has 7 heteroatoms. The van der Waals surface area contributed by atoms with Gasteiger partial charge in [-0.2, -0.15) is 5.10 Å². The lowest BCUT2D eigenvalue weighted by atomic mass is 9.80. The first-order chi connectivity index (χ1) is 14.2. The Morgan fingerprint density at radius 1 is 1.30 bits per heavy atom. The molecule has 1 amide bonds. The molecule has 0 radical (unpaired) electrons. The molecular weight excluding hydrogens is 402 g/mol. The first-order valence-electron chi connectivity index (χ1n) is 9.87. The second-order valence-electron chi connectivity index (χ2n) is 8.17. The number of ether oxygens (including phenoxy) is 2. The van der Waals surface area contributed by atoms with E-state index in [-0.39, 0.29) is 18.1 Å². The standard InChI is InChI=1S/C23H28ClN3O3/c1-15-12-23(2,3)27(4)21-11-20(24)16(10-19(15)21)13-25-26-22(28)14-30-18-8-6-17(29-5)7-9-18/h6-11,13,15H,12,14H2,1-5H3,(H,26,28)/b25-13+. The van der Waals surface area contributed by atoms with Crippen molar-refractivity contribution in [1.82, 2.24) is 5.43 Å². The zero-order valence-corrected chi connectivity index (χ0v) is 18.8. The van der Waals surface area contributed by atoms with E-state index in [1.165, 1.54) is 5.56 Å². The van der Waals surface area contributed by atoms with E-state index in [2.05, 4.69) is 49.3 Å². The van der Waals surface area contributed by atoms with E-state index in [0.717, 1.165) is 23.4 Å². The number of anilines is 1. The van der Waals surface area contributed by atoms with Gasteiger partial charge in [-0.05, 0) is 68.1 Å². The zero-order chi connectivity index (χ0) is 21.9.